The minimum absolute atomic E-state index is 0.00328. The lowest BCUT2D eigenvalue weighted by Gasteiger charge is -2.07. The number of hydrogen-bond acceptors (Lipinski definition) is 4. The third-order valence-electron chi connectivity index (χ3n) is 1.91. The van der Waals surface area contributed by atoms with E-state index in [0.717, 1.165) is 11.3 Å². The highest BCUT2D eigenvalue weighted by Crippen LogP contribution is 2.34. The molecule has 0 amide bonds. The van der Waals surface area contributed by atoms with Crippen LogP contribution in [0.3, 0.4) is 0 Å². The van der Waals surface area contributed by atoms with E-state index in [1.54, 1.807) is 6.07 Å². The molecule has 2 rings (SSSR count). The first-order valence-corrected chi connectivity index (χ1v) is 7.90. The van der Waals surface area contributed by atoms with Gasteiger partial charge in [-0.05, 0) is 24.3 Å². The quantitative estimate of drug-likeness (QED) is 0.772. The topological polar surface area (TPSA) is 43.4 Å². The van der Waals surface area contributed by atoms with E-state index in [1.165, 1.54) is 24.3 Å². The fourth-order valence-electron chi connectivity index (χ4n) is 1.14. The van der Waals surface area contributed by atoms with Gasteiger partial charge in [-0.25, -0.2) is 0 Å². The van der Waals surface area contributed by atoms with E-state index in [1.807, 2.05) is 0 Å². The molecule has 0 aliphatic carbocycles. The van der Waals surface area contributed by atoms with Crippen molar-refractivity contribution in [2.45, 2.75) is 4.21 Å². The molecule has 3 nitrogen and oxygen atoms in total. The second-order valence-corrected chi connectivity index (χ2v) is 7.42. The maximum absolute atomic E-state index is 11.9. The summed E-state index contributed by atoms with van der Waals surface area (Å²) >= 11 is 18.2. The summed E-state index contributed by atoms with van der Waals surface area (Å²) in [6.07, 6.45) is 0. The molecule has 0 spiro atoms. The molecule has 0 N–H and O–H groups in total. The molecular weight excluding hydrogens is 339 g/mol. The summed E-state index contributed by atoms with van der Waals surface area (Å²) in [7, 11) is -3.94. The maximum Gasteiger partial charge on any atom is 0.348 e. The summed E-state index contributed by atoms with van der Waals surface area (Å²) in [6.45, 7) is 0. The van der Waals surface area contributed by atoms with Crippen LogP contribution in [0.2, 0.25) is 14.4 Å². The standard InChI is InChI=1S/C10H5Cl3O3S2/c11-6-2-1-3-7(10(6)13)16-18(14,15)9-5-4-8(12)17-9/h1-5H. The van der Waals surface area contributed by atoms with Crippen LogP contribution >= 0.6 is 46.1 Å². The molecule has 96 valence electrons. The number of thiophene rings is 1. The Morgan fingerprint density at radius 2 is 1.78 bits per heavy atom. The number of benzene rings is 1. The predicted octanol–water partition coefficient (Wildman–Crippen LogP) is 4.48. The Bertz CT molecular complexity index is 679. The highest BCUT2D eigenvalue weighted by atomic mass is 35.5. The molecule has 0 aliphatic rings. The van der Waals surface area contributed by atoms with Gasteiger partial charge in [0.1, 0.15) is 5.02 Å². The van der Waals surface area contributed by atoms with Crippen LogP contribution in [-0.2, 0) is 10.1 Å². The Morgan fingerprint density at radius 1 is 1.06 bits per heavy atom. The molecule has 0 saturated heterocycles. The van der Waals surface area contributed by atoms with Crippen molar-refractivity contribution in [1.82, 2.24) is 0 Å². The van der Waals surface area contributed by atoms with Crippen LogP contribution in [-0.4, -0.2) is 8.42 Å². The summed E-state index contributed by atoms with van der Waals surface area (Å²) in [5.74, 6) is -0.0197. The van der Waals surface area contributed by atoms with E-state index >= 15 is 0 Å². The van der Waals surface area contributed by atoms with Gasteiger partial charge in [0, 0.05) is 0 Å². The zero-order valence-electron chi connectivity index (χ0n) is 8.56. The van der Waals surface area contributed by atoms with Crippen LogP contribution in [0.5, 0.6) is 5.75 Å². The van der Waals surface area contributed by atoms with Gasteiger partial charge in [-0.2, -0.15) is 8.42 Å². The third-order valence-corrected chi connectivity index (χ3v) is 5.63. The zero-order chi connectivity index (χ0) is 13.3. The lowest BCUT2D eigenvalue weighted by atomic mass is 10.3. The van der Waals surface area contributed by atoms with Gasteiger partial charge in [0.2, 0.25) is 0 Å². The summed E-state index contributed by atoms with van der Waals surface area (Å²) in [4.78, 5) is 0. The predicted molar refractivity (Wildman–Crippen MR) is 73.6 cm³/mol. The average molecular weight is 344 g/mol. The van der Waals surface area contributed by atoms with Gasteiger partial charge in [0.25, 0.3) is 0 Å². The Balaban J connectivity index is 2.37. The second-order valence-electron chi connectivity index (χ2n) is 3.15. The number of halogens is 3. The molecule has 1 heterocycles. The Labute approximate surface area is 123 Å². The maximum atomic E-state index is 11.9. The third kappa shape index (κ3) is 2.92. The normalized spacial score (nSPS) is 11.5. The largest absolute Gasteiger partial charge is 0.377 e. The summed E-state index contributed by atoms with van der Waals surface area (Å²) in [6, 6.07) is 7.33. The van der Waals surface area contributed by atoms with Crippen molar-refractivity contribution in [2.75, 3.05) is 0 Å². The monoisotopic (exact) mass is 342 g/mol. The molecule has 0 unspecified atom stereocenters. The first kappa shape index (κ1) is 14.0. The zero-order valence-corrected chi connectivity index (χ0v) is 12.5. The molecule has 0 aliphatic heterocycles. The van der Waals surface area contributed by atoms with Crippen molar-refractivity contribution in [2.24, 2.45) is 0 Å². The second kappa shape index (κ2) is 5.27. The van der Waals surface area contributed by atoms with E-state index in [9.17, 15) is 8.42 Å². The molecule has 1 aromatic carbocycles. The molecule has 8 heteroatoms. The molecular formula is C10H5Cl3O3S2. The first-order chi connectivity index (χ1) is 8.40. The van der Waals surface area contributed by atoms with Gasteiger partial charge >= 0.3 is 10.1 Å². The van der Waals surface area contributed by atoms with E-state index in [0.29, 0.717) is 4.34 Å². The van der Waals surface area contributed by atoms with E-state index in [-0.39, 0.29) is 20.0 Å². The van der Waals surface area contributed by atoms with E-state index in [2.05, 4.69) is 0 Å². The van der Waals surface area contributed by atoms with Crippen molar-refractivity contribution < 1.29 is 12.6 Å². The van der Waals surface area contributed by atoms with Gasteiger partial charge in [-0.3, -0.25) is 0 Å². The van der Waals surface area contributed by atoms with Crippen molar-refractivity contribution >= 4 is 56.3 Å². The highest BCUT2D eigenvalue weighted by molar-refractivity contribution is 7.89. The van der Waals surface area contributed by atoms with Crippen molar-refractivity contribution in [3.05, 3.63) is 44.7 Å². The molecule has 1 aromatic heterocycles. The van der Waals surface area contributed by atoms with E-state index < -0.39 is 10.1 Å². The minimum Gasteiger partial charge on any atom is -0.377 e. The van der Waals surface area contributed by atoms with Crippen LogP contribution in [0.25, 0.3) is 0 Å². The Hall–Kier alpha value is -0.460. The van der Waals surface area contributed by atoms with E-state index in [4.69, 9.17) is 39.0 Å². The first-order valence-electron chi connectivity index (χ1n) is 4.54. The highest BCUT2D eigenvalue weighted by Gasteiger charge is 2.21. The van der Waals surface area contributed by atoms with Gasteiger partial charge < -0.3 is 4.18 Å². The molecule has 0 fully saturated rings. The molecule has 0 radical (unpaired) electrons. The fourth-order valence-corrected chi connectivity index (χ4v) is 3.90. The van der Waals surface area contributed by atoms with Crippen LogP contribution in [0.1, 0.15) is 0 Å². The van der Waals surface area contributed by atoms with Gasteiger partial charge in [-0.15, -0.1) is 11.3 Å². The molecule has 0 bridgehead atoms. The van der Waals surface area contributed by atoms with Gasteiger partial charge in [0.05, 0.1) is 9.36 Å². The molecule has 18 heavy (non-hydrogen) atoms. The fraction of sp³-hybridized carbons (Fsp3) is 0. The lowest BCUT2D eigenvalue weighted by Crippen LogP contribution is -2.08. The Morgan fingerprint density at radius 3 is 2.39 bits per heavy atom. The smallest absolute Gasteiger partial charge is 0.348 e. The summed E-state index contributed by atoms with van der Waals surface area (Å²) < 4.78 is 29.1. The summed E-state index contributed by atoms with van der Waals surface area (Å²) in [5, 5.41) is 0.263. The molecule has 2 aromatic rings. The Kier molecular flexibility index (Phi) is 4.08. The van der Waals surface area contributed by atoms with Crippen LogP contribution < -0.4 is 4.18 Å². The average Bonchev–Trinajstić information content (AvgIpc) is 2.72. The molecule has 0 atom stereocenters. The van der Waals surface area contributed by atoms with Crippen LogP contribution in [0.4, 0.5) is 0 Å². The van der Waals surface area contributed by atoms with Crippen LogP contribution in [0.15, 0.2) is 34.5 Å². The van der Waals surface area contributed by atoms with Crippen molar-refractivity contribution in [3.8, 4) is 5.75 Å². The van der Waals surface area contributed by atoms with Crippen molar-refractivity contribution in [1.29, 1.82) is 0 Å². The van der Waals surface area contributed by atoms with Gasteiger partial charge in [-0.1, -0.05) is 40.9 Å². The minimum atomic E-state index is -3.94. The number of hydrogen-bond donors (Lipinski definition) is 0. The molecule has 0 saturated carbocycles. The van der Waals surface area contributed by atoms with Crippen LogP contribution in [0, 0.1) is 0 Å². The van der Waals surface area contributed by atoms with Gasteiger partial charge in [0.15, 0.2) is 9.96 Å². The number of rotatable bonds is 3. The lowest BCUT2D eigenvalue weighted by molar-refractivity contribution is 0.488. The summed E-state index contributed by atoms with van der Waals surface area (Å²) in [5.41, 5.74) is 0. The van der Waals surface area contributed by atoms with Crippen molar-refractivity contribution in [3.63, 3.8) is 0 Å². The SMILES string of the molecule is O=S(=O)(Oc1cccc(Cl)c1Cl)c1ccc(Cl)s1.